The highest BCUT2D eigenvalue weighted by Crippen LogP contribution is 2.21. The smallest absolute Gasteiger partial charge is 0.0346 e. The van der Waals surface area contributed by atoms with Crippen LogP contribution in [0, 0.1) is 0 Å². The molecule has 0 unspecified atom stereocenters. The second-order valence-electron chi connectivity index (χ2n) is 3.77. The van der Waals surface area contributed by atoms with Gasteiger partial charge in [-0.2, -0.15) is 0 Å². The Balaban J connectivity index is 2.27. The summed E-state index contributed by atoms with van der Waals surface area (Å²) in [5.41, 5.74) is 2.92. The van der Waals surface area contributed by atoms with E-state index in [1.54, 1.807) is 0 Å². The van der Waals surface area contributed by atoms with E-state index in [2.05, 4.69) is 28.5 Å². The average Bonchev–Trinajstić information content (AvgIpc) is 2.26. The molecule has 0 amide bonds. The van der Waals surface area contributed by atoms with Crippen LogP contribution >= 0.6 is 0 Å². The lowest BCUT2D eigenvalue weighted by atomic mass is 9.97. The molecule has 0 aliphatic carbocycles. The third-order valence-electron chi connectivity index (χ3n) is 2.85. The van der Waals surface area contributed by atoms with Crippen LogP contribution in [0.2, 0.25) is 0 Å². The number of pyridine rings is 1. The fourth-order valence-electron chi connectivity index (χ4n) is 2.07. The molecule has 1 aromatic carbocycles. The van der Waals surface area contributed by atoms with E-state index in [0.717, 1.165) is 19.5 Å². The first kappa shape index (κ1) is 7.94. The van der Waals surface area contributed by atoms with Crippen molar-refractivity contribution in [2.75, 3.05) is 6.54 Å². The van der Waals surface area contributed by atoms with Crippen molar-refractivity contribution >= 4 is 10.8 Å². The molecule has 0 spiro atoms. The van der Waals surface area contributed by atoms with Gasteiger partial charge in [0.05, 0.1) is 0 Å². The molecule has 1 aliphatic heterocycles. The minimum absolute atomic E-state index is 1.01. The van der Waals surface area contributed by atoms with Gasteiger partial charge >= 0.3 is 0 Å². The van der Waals surface area contributed by atoms with Gasteiger partial charge in [0, 0.05) is 24.3 Å². The Bertz CT molecular complexity index is 432. The molecular formula is C12H12N2. The molecule has 0 atom stereocenters. The summed E-state index contributed by atoms with van der Waals surface area (Å²) in [6.07, 6.45) is 4.93. The van der Waals surface area contributed by atoms with Crippen LogP contribution in [0.15, 0.2) is 30.6 Å². The summed E-state index contributed by atoms with van der Waals surface area (Å²) in [6.45, 7) is 2.10. The maximum atomic E-state index is 4.15. The predicted octanol–water partition coefficient (Wildman–Crippen LogP) is 1.88. The third-order valence-corrected chi connectivity index (χ3v) is 2.85. The molecule has 70 valence electrons. The van der Waals surface area contributed by atoms with Crippen LogP contribution < -0.4 is 5.32 Å². The third kappa shape index (κ3) is 1.19. The summed E-state index contributed by atoms with van der Waals surface area (Å²) in [5.74, 6) is 0. The molecule has 0 bridgehead atoms. The second kappa shape index (κ2) is 3.07. The highest BCUT2D eigenvalue weighted by Gasteiger charge is 2.08. The molecule has 2 aromatic rings. The number of nitrogens with zero attached hydrogens (tertiary/aromatic N) is 1. The summed E-state index contributed by atoms with van der Waals surface area (Å²) in [4.78, 5) is 4.15. The number of hydrogen-bond acceptors (Lipinski definition) is 2. The van der Waals surface area contributed by atoms with Gasteiger partial charge in [-0.3, -0.25) is 4.98 Å². The van der Waals surface area contributed by atoms with Crippen LogP contribution in [0.25, 0.3) is 10.8 Å². The first-order valence-corrected chi connectivity index (χ1v) is 5.00. The van der Waals surface area contributed by atoms with Crippen LogP contribution in [-0.4, -0.2) is 11.5 Å². The Kier molecular flexibility index (Phi) is 1.74. The quantitative estimate of drug-likeness (QED) is 0.676. The molecule has 1 aliphatic rings. The lowest BCUT2D eigenvalue weighted by Gasteiger charge is -2.17. The van der Waals surface area contributed by atoms with Crippen LogP contribution in [0.1, 0.15) is 11.1 Å². The topological polar surface area (TPSA) is 24.9 Å². The Morgan fingerprint density at radius 3 is 3.07 bits per heavy atom. The van der Waals surface area contributed by atoms with Gasteiger partial charge in [0.15, 0.2) is 0 Å². The normalized spacial score (nSPS) is 15.4. The molecule has 3 rings (SSSR count). The zero-order chi connectivity index (χ0) is 9.38. The highest BCUT2D eigenvalue weighted by atomic mass is 14.9. The van der Waals surface area contributed by atoms with Gasteiger partial charge in [-0.15, -0.1) is 0 Å². The van der Waals surface area contributed by atoms with E-state index in [-0.39, 0.29) is 0 Å². The van der Waals surface area contributed by atoms with E-state index in [0.29, 0.717) is 0 Å². The Morgan fingerprint density at radius 1 is 1.14 bits per heavy atom. The summed E-state index contributed by atoms with van der Waals surface area (Å²) >= 11 is 0. The number of rotatable bonds is 0. The van der Waals surface area contributed by atoms with E-state index in [4.69, 9.17) is 0 Å². The van der Waals surface area contributed by atoms with Gasteiger partial charge in [0.2, 0.25) is 0 Å². The SMILES string of the molecule is c1cc2cc3c(cc2cn1)CCNC3. The van der Waals surface area contributed by atoms with E-state index in [1.165, 1.54) is 21.9 Å². The second-order valence-corrected chi connectivity index (χ2v) is 3.77. The fourth-order valence-corrected chi connectivity index (χ4v) is 2.07. The zero-order valence-electron chi connectivity index (χ0n) is 7.96. The highest BCUT2D eigenvalue weighted by molar-refractivity contribution is 5.83. The molecule has 2 heteroatoms. The molecule has 1 N–H and O–H groups in total. The van der Waals surface area contributed by atoms with Crippen molar-refractivity contribution in [3.63, 3.8) is 0 Å². The summed E-state index contributed by atoms with van der Waals surface area (Å²) < 4.78 is 0. The maximum absolute atomic E-state index is 4.15. The number of fused-ring (bicyclic) bond motifs is 2. The molecule has 0 saturated heterocycles. The number of benzene rings is 1. The largest absolute Gasteiger partial charge is 0.312 e. The van der Waals surface area contributed by atoms with Crippen molar-refractivity contribution in [2.45, 2.75) is 13.0 Å². The Morgan fingerprint density at radius 2 is 2.07 bits per heavy atom. The van der Waals surface area contributed by atoms with E-state index in [1.807, 2.05) is 12.4 Å². The standard InChI is InChI=1S/C12H12N2/c1-3-13-7-11-6-10-2-4-14-8-12(10)5-9(1)11/h1,3,5-7,14H,2,4,8H2. The first-order valence-electron chi connectivity index (χ1n) is 5.00. The molecule has 1 aromatic heterocycles. The minimum atomic E-state index is 1.01. The molecule has 0 radical (unpaired) electrons. The molecule has 14 heavy (non-hydrogen) atoms. The van der Waals surface area contributed by atoms with E-state index in [9.17, 15) is 0 Å². The van der Waals surface area contributed by atoms with Gasteiger partial charge in [0.1, 0.15) is 0 Å². The van der Waals surface area contributed by atoms with Crippen molar-refractivity contribution in [2.24, 2.45) is 0 Å². The van der Waals surface area contributed by atoms with Gasteiger partial charge in [-0.1, -0.05) is 0 Å². The number of hydrogen-bond donors (Lipinski definition) is 1. The molecular weight excluding hydrogens is 172 g/mol. The van der Waals surface area contributed by atoms with Gasteiger partial charge in [-0.25, -0.2) is 0 Å². The van der Waals surface area contributed by atoms with E-state index < -0.39 is 0 Å². The monoisotopic (exact) mass is 184 g/mol. The van der Waals surface area contributed by atoms with Crippen LogP contribution in [0.5, 0.6) is 0 Å². The Hall–Kier alpha value is -1.41. The van der Waals surface area contributed by atoms with Gasteiger partial charge in [-0.05, 0) is 47.7 Å². The Labute approximate surface area is 83.0 Å². The predicted molar refractivity (Wildman–Crippen MR) is 57.2 cm³/mol. The lowest BCUT2D eigenvalue weighted by Crippen LogP contribution is -2.23. The average molecular weight is 184 g/mol. The molecule has 0 saturated carbocycles. The van der Waals surface area contributed by atoms with Crippen molar-refractivity contribution in [1.82, 2.24) is 10.3 Å². The molecule has 2 nitrogen and oxygen atoms in total. The maximum Gasteiger partial charge on any atom is 0.0346 e. The molecule has 2 heterocycles. The van der Waals surface area contributed by atoms with Gasteiger partial charge < -0.3 is 5.32 Å². The number of aromatic nitrogens is 1. The van der Waals surface area contributed by atoms with Crippen molar-refractivity contribution < 1.29 is 0 Å². The zero-order valence-corrected chi connectivity index (χ0v) is 7.96. The minimum Gasteiger partial charge on any atom is -0.312 e. The van der Waals surface area contributed by atoms with Crippen molar-refractivity contribution in [3.8, 4) is 0 Å². The van der Waals surface area contributed by atoms with Crippen LogP contribution in [-0.2, 0) is 13.0 Å². The first-order chi connectivity index (χ1) is 6.93. The summed E-state index contributed by atoms with van der Waals surface area (Å²) in [6, 6.07) is 6.63. The van der Waals surface area contributed by atoms with Crippen molar-refractivity contribution in [3.05, 3.63) is 41.7 Å². The van der Waals surface area contributed by atoms with E-state index >= 15 is 0 Å². The lowest BCUT2D eigenvalue weighted by molar-refractivity contribution is 0.645. The fraction of sp³-hybridized carbons (Fsp3) is 0.250. The van der Waals surface area contributed by atoms with Crippen LogP contribution in [0.4, 0.5) is 0 Å². The summed E-state index contributed by atoms with van der Waals surface area (Å²) in [7, 11) is 0. The number of nitrogens with one attached hydrogen (secondary N) is 1. The van der Waals surface area contributed by atoms with Gasteiger partial charge in [0.25, 0.3) is 0 Å². The molecule has 0 fully saturated rings. The summed E-state index contributed by atoms with van der Waals surface area (Å²) in [5, 5.41) is 5.94. The van der Waals surface area contributed by atoms with Crippen molar-refractivity contribution in [1.29, 1.82) is 0 Å². The van der Waals surface area contributed by atoms with Crippen LogP contribution in [0.3, 0.4) is 0 Å².